The number of aromatic nitrogens is 1. The van der Waals surface area contributed by atoms with Crippen molar-refractivity contribution in [3.8, 4) is 0 Å². The van der Waals surface area contributed by atoms with Crippen molar-refractivity contribution in [1.29, 1.82) is 0 Å². The molecular weight excluding hydrogens is 228 g/mol. The SMILES string of the molecule is C[C@@H](CCO)Nc1nc2ccccc2cc1CO. The second-order valence-corrected chi connectivity index (χ2v) is 4.40. The van der Waals surface area contributed by atoms with Crippen LogP contribution in [0.15, 0.2) is 30.3 Å². The van der Waals surface area contributed by atoms with Crippen LogP contribution >= 0.6 is 0 Å². The predicted molar refractivity (Wildman–Crippen MR) is 72.5 cm³/mol. The van der Waals surface area contributed by atoms with Crippen molar-refractivity contribution in [3.05, 3.63) is 35.9 Å². The third-order valence-corrected chi connectivity index (χ3v) is 2.92. The Bertz CT molecular complexity index is 528. The van der Waals surface area contributed by atoms with E-state index < -0.39 is 0 Å². The highest BCUT2D eigenvalue weighted by Gasteiger charge is 2.08. The lowest BCUT2D eigenvalue weighted by Crippen LogP contribution is -2.18. The molecule has 1 atom stereocenters. The van der Waals surface area contributed by atoms with Crippen molar-refractivity contribution in [1.82, 2.24) is 4.98 Å². The minimum atomic E-state index is -0.0496. The smallest absolute Gasteiger partial charge is 0.132 e. The van der Waals surface area contributed by atoms with Gasteiger partial charge in [-0.25, -0.2) is 4.98 Å². The van der Waals surface area contributed by atoms with E-state index in [2.05, 4.69) is 10.3 Å². The first-order chi connectivity index (χ1) is 8.74. The van der Waals surface area contributed by atoms with Gasteiger partial charge in [0.15, 0.2) is 0 Å². The van der Waals surface area contributed by atoms with Gasteiger partial charge in [0.05, 0.1) is 12.1 Å². The molecule has 0 aliphatic carbocycles. The quantitative estimate of drug-likeness (QED) is 0.754. The summed E-state index contributed by atoms with van der Waals surface area (Å²) in [5.74, 6) is 0.692. The second-order valence-electron chi connectivity index (χ2n) is 4.40. The summed E-state index contributed by atoms with van der Waals surface area (Å²) in [7, 11) is 0. The Kier molecular flexibility index (Phi) is 4.12. The molecule has 96 valence electrons. The molecule has 0 unspecified atom stereocenters. The van der Waals surface area contributed by atoms with Crippen LogP contribution in [0.3, 0.4) is 0 Å². The summed E-state index contributed by atoms with van der Waals surface area (Å²) in [6.45, 7) is 2.07. The first-order valence-corrected chi connectivity index (χ1v) is 6.11. The largest absolute Gasteiger partial charge is 0.396 e. The van der Waals surface area contributed by atoms with Crippen LogP contribution in [0.2, 0.25) is 0 Å². The van der Waals surface area contributed by atoms with Gasteiger partial charge in [0.25, 0.3) is 0 Å². The highest BCUT2D eigenvalue weighted by molar-refractivity contribution is 5.81. The van der Waals surface area contributed by atoms with Gasteiger partial charge in [-0.2, -0.15) is 0 Å². The Hall–Kier alpha value is -1.65. The molecule has 0 bridgehead atoms. The Labute approximate surface area is 106 Å². The predicted octanol–water partition coefficient (Wildman–Crippen LogP) is 1.91. The minimum Gasteiger partial charge on any atom is -0.396 e. The number of pyridine rings is 1. The van der Waals surface area contributed by atoms with Crippen LogP contribution in [-0.2, 0) is 6.61 Å². The average molecular weight is 246 g/mol. The molecule has 4 heteroatoms. The van der Waals surface area contributed by atoms with E-state index in [0.717, 1.165) is 16.5 Å². The first kappa shape index (κ1) is 12.8. The Morgan fingerprint density at radius 3 is 2.78 bits per heavy atom. The van der Waals surface area contributed by atoms with Crippen molar-refractivity contribution < 1.29 is 10.2 Å². The molecule has 1 heterocycles. The first-order valence-electron chi connectivity index (χ1n) is 6.11. The fourth-order valence-corrected chi connectivity index (χ4v) is 1.90. The van der Waals surface area contributed by atoms with Crippen LogP contribution in [0, 0.1) is 0 Å². The molecule has 0 fully saturated rings. The zero-order chi connectivity index (χ0) is 13.0. The molecule has 0 amide bonds. The summed E-state index contributed by atoms with van der Waals surface area (Å²) in [4.78, 5) is 4.52. The zero-order valence-electron chi connectivity index (χ0n) is 10.4. The molecule has 2 rings (SSSR count). The minimum absolute atomic E-state index is 0.0496. The van der Waals surface area contributed by atoms with Crippen LogP contribution in [0.5, 0.6) is 0 Å². The van der Waals surface area contributed by atoms with E-state index in [1.165, 1.54) is 0 Å². The highest BCUT2D eigenvalue weighted by Crippen LogP contribution is 2.21. The van der Waals surface area contributed by atoms with E-state index in [1.54, 1.807) is 0 Å². The van der Waals surface area contributed by atoms with Crippen molar-refractivity contribution in [2.45, 2.75) is 26.0 Å². The molecule has 0 saturated carbocycles. The second kappa shape index (κ2) is 5.80. The molecule has 0 radical (unpaired) electrons. The Morgan fingerprint density at radius 2 is 2.06 bits per heavy atom. The summed E-state index contributed by atoms with van der Waals surface area (Å²) < 4.78 is 0. The maximum Gasteiger partial charge on any atom is 0.132 e. The lowest BCUT2D eigenvalue weighted by Gasteiger charge is -2.16. The summed E-state index contributed by atoms with van der Waals surface area (Å²) >= 11 is 0. The van der Waals surface area contributed by atoms with Crippen LogP contribution in [0.4, 0.5) is 5.82 Å². The molecule has 4 nitrogen and oxygen atoms in total. The maximum atomic E-state index is 9.39. The third kappa shape index (κ3) is 2.78. The van der Waals surface area contributed by atoms with E-state index in [-0.39, 0.29) is 19.3 Å². The number of hydrogen-bond acceptors (Lipinski definition) is 4. The number of fused-ring (bicyclic) bond motifs is 1. The zero-order valence-corrected chi connectivity index (χ0v) is 10.4. The number of aliphatic hydroxyl groups excluding tert-OH is 2. The molecule has 18 heavy (non-hydrogen) atoms. The molecule has 0 aliphatic rings. The molecule has 0 spiro atoms. The van der Waals surface area contributed by atoms with Crippen molar-refractivity contribution in [3.63, 3.8) is 0 Å². The average Bonchev–Trinajstić information content (AvgIpc) is 2.38. The van der Waals surface area contributed by atoms with Gasteiger partial charge in [0.1, 0.15) is 5.82 Å². The lowest BCUT2D eigenvalue weighted by molar-refractivity contribution is 0.279. The van der Waals surface area contributed by atoms with Gasteiger partial charge >= 0.3 is 0 Å². The fraction of sp³-hybridized carbons (Fsp3) is 0.357. The standard InChI is InChI=1S/C14H18N2O2/c1-10(6-7-17)15-14-12(9-18)8-11-4-2-3-5-13(11)16-14/h2-5,8,10,17-18H,6-7,9H2,1H3,(H,15,16)/t10-/m0/s1. The number of aliphatic hydroxyl groups is 2. The van der Waals surface area contributed by atoms with E-state index in [1.807, 2.05) is 37.3 Å². The van der Waals surface area contributed by atoms with Gasteiger partial charge in [0.2, 0.25) is 0 Å². The van der Waals surface area contributed by atoms with Crippen molar-refractivity contribution in [2.24, 2.45) is 0 Å². The summed E-state index contributed by atoms with van der Waals surface area (Å²) in [6, 6.07) is 9.87. The van der Waals surface area contributed by atoms with Crippen LogP contribution in [0.1, 0.15) is 18.9 Å². The van der Waals surface area contributed by atoms with Gasteiger partial charge in [0, 0.05) is 23.6 Å². The van der Waals surface area contributed by atoms with E-state index in [4.69, 9.17) is 5.11 Å². The van der Waals surface area contributed by atoms with Crippen molar-refractivity contribution in [2.75, 3.05) is 11.9 Å². The van der Waals surface area contributed by atoms with E-state index in [9.17, 15) is 5.11 Å². The lowest BCUT2D eigenvalue weighted by atomic mass is 10.1. The molecule has 3 N–H and O–H groups in total. The number of benzene rings is 1. The maximum absolute atomic E-state index is 9.39. The van der Waals surface area contributed by atoms with E-state index >= 15 is 0 Å². The summed E-state index contributed by atoms with van der Waals surface area (Å²) in [6.07, 6.45) is 0.652. The number of anilines is 1. The molecular formula is C14H18N2O2. The summed E-state index contributed by atoms with van der Waals surface area (Å²) in [5.41, 5.74) is 1.67. The number of nitrogens with zero attached hydrogens (tertiary/aromatic N) is 1. The number of hydrogen-bond donors (Lipinski definition) is 3. The number of nitrogens with one attached hydrogen (secondary N) is 1. The summed E-state index contributed by atoms with van der Waals surface area (Å²) in [5, 5.41) is 22.5. The van der Waals surface area contributed by atoms with Gasteiger partial charge < -0.3 is 15.5 Å². The molecule has 0 aliphatic heterocycles. The van der Waals surface area contributed by atoms with Crippen LogP contribution < -0.4 is 5.32 Å². The molecule has 1 aromatic carbocycles. The molecule has 0 saturated heterocycles. The molecule has 2 aromatic rings. The number of para-hydroxylation sites is 1. The van der Waals surface area contributed by atoms with Gasteiger partial charge in [-0.1, -0.05) is 18.2 Å². The van der Waals surface area contributed by atoms with Crippen LogP contribution in [-0.4, -0.2) is 27.8 Å². The Balaban J connectivity index is 2.35. The normalized spacial score (nSPS) is 12.6. The number of rotatable bonds is 5. The monoisotopic (exact) mass is 246 g/mol. The highest BCUT2D eigenvalue weighted by atomic mass is 16.3. The third-order valence-electron chi connectivity index (χ3n) is 2.92. The van der Waals surface area contributed by atoms with Crippen LogP contribution in [0.25, 0.3) is 10.9 Å². The van der Waals surface area contributed by atoms with Gasteiger partial charge in [-0.3, -0.25) is 0 Å². The van der Waals surface area contributed by atoms with Gasteiger partial charge in [-0.05, 0) is 25.5 Å². The molecule has 1 aromatic heterocycles. The van der Waals surface area contributed by atoms with Crippen molar-refractivity contribution >= 4 is 16.7 Å². The van der Waals surface area contributed by atoms with Gasteiger partial charge in [-0.15, -0.1) is 0 Å². The van der Waals surface area contributed by atoms with E-state index in [0.29, 0.717) is 12.2 Å². The fourth-order valence-electron chi connectivity index (χ4n) is 1.90. The topological polar surface area (TPSA) is 65.4 Å². The Morgan fingerprint density at radius 1 is 1.28 bits per heavy atom.